The Morgan fingerprint density at radius 2 is 1.86 bits per heavy atom. The number of rotatable bonds is 6. The van der Waals surface area contributed by atoms with Gasteiger partial charge >= 0.3 is 5.97 Å². The van der Waals surface area contributed by atoms with Crippen molar-refractivity contribution in [2.45, 2.75) is 51.9 Å². The van der Waals surface area contributed by atoms with Crippen LogP contribution in [0.2, 0.25) is 0 Å². The second-order valence-corrected chi connectivity index (χ2v) is 6.01. The molecule has 2 fully saturated rings. The van der Waals surface area contributed by atoms with Crippen LogP contribution < -0.4 is 0 Å². The Labute approximate surface area is 173 Å². The van der Waals surface area contributed by atoms with E-state index < -0.39 is 11.9 Å². The van der Waals surface area contributed by atoms with Crippen LogP contribution in [0.3, 0.4) is 0 Å². The third-order valence-electron chi connectivity index (χ3n) is 4.70. The summed E-state index contributed by atoms with van der Waals surface area (Å²) in [5, 5.41) is 9.37. The molecule has 2 rings (SSSR count). The molecule has 2 aliphatic rings. The number of hydrogen-bond donors (Lipinski definition) is 1. The highest BCUT2D eigenvalue weighted by Crippen LogP contribution is 2.40. The van der Waals surface area contributed by atoms with Crippen LogP contribution in [0.4, 0.5) is 0 Å². The lowest BCUT2D eigenvalue weighted by Crippen LogP contribution is -2.31. The molecule has 0 aromatic carbocycles. The number of likely N-dealkylation sites (tertiary alicyclic amines) is 1. The molecule has 1 N–H and O–H groups in total. The highest BCUT2D eigenvalue weighted by atomic mass is 128. The molecule has 0 bridgehead atoms. The summed E-state index contributed by atoms with van der Waals surface area (Å²) in [6, 6.07) is 0. The summed E-state index contributed by atoms with van der Waals surface area (Å²) >= 11 is 4.24. The molecule has 0 radical (unpaired) electrons. The topological polar surface area (TPSA) is 57.6 Å². The summed E-state index contributed by atoms with van der Waals surface area (Å²) in [6.45, 7) is 3.30. The van der Waals surface area contributed by atoms with Crippen LogP contribution in [0.5, 0.6) is 0 Å². The number of nitrogens with zero attached hydrogens (tertiary/aromatic N) is 1. The van der Waals surface area contributed by atoms with Crippen LogP contribution in [0.25, 0.3) is 0 Å². The van der Waals surface area contributed by atoms with Gasteiger partial charge in [0, 0.05) is 50.3 Å². The molecule has 1 heterocycles. The molecule has 2 unspecified atom stereocenters. The average molecular weight is 649 g/mol. The number of amides is 1. The number of aliphatic carboxylic acids is 1. The third-order valence-corrected chi connectivity index (χ3v) is 4.70. The van der Waals surface area contributed by atoms with E-state index in [2.05, 4.69) is 44.2 Å². The van der Waals surface area contributed by atoms with E-state index in [1.54, 1.807) is 4.90 Å². The second kappa shape index (κ2) is 12.5. The van der Waals surface area contributed by atoms with E-state index in [9.17, 15) is 14.7 Å². The van der Waals surface area contributed by atoms with Crippen LogP contribution in [0.15, 0.2) is 0 Å². The molecule has 1 saturated heterocycles. The van der Waals surface area contributed by atoms with Gasteiger partial charge in [-0.25, -0.2) is 0 Å². The monoisotopic (exact) mass is 649 g/mol. The molecule has 0 spiro atoms. The van der Waals surface area contributed by atoms with Crippen LogP contribution in [-0.2, 0) is 9.59 Å². The number of carbonyl (C=O) groups excluding carboxylic acids is 1. The molecule has 1 aliphatic heterocycles. The first kappa shape index (κ1) is 23.1. The summed E-state index contributed by atoms with van der Waals surface area (Å²) in [6.07, 6.45) is 7.58. The Bertz CT molecular complexity index is 349. The summed E-state index contributed by atoms with van der Waals surface area (Å²) in [5.41, 5.74) is 0. The van der Waals surface area contributed by atoms with Crippen LogP contribution in [-0.4, -0.2) is 35.0 Å². The van der Waals surface area contributed by atoms with Gasteiger partial charge in [-0.2, -0.15) is 0 Å². The Balaban J connectivity index is 0.00000141. The quantitative estimate of drug-likeness (QED) is 0.329. The molecular formula is C15H26I3NO3. The molecule has 1 aliphatic carbocycles. The Morgan fingerprint density at radius 1 is 1.27 bits per heavy atom. The van der Waals surface area contributed by atoms with Crippen LogP contribution in [0.1, 0.15) is 51.9 Å². The maximum absolute atomic E-state index is 12.5. The predicted octanol–water partition coefficient (Wildman–Crippen LogP) is 4.92. The van der Waals surface area contributed by atoms with Gasteiger partial charge in [0.15, 0.2) is 0 Å². The summed E-state index contributed by atoms with van der Waals surface area (Å²) in [7, 11) is 0. The first-order valence-corrected chi connectivity index (χ1v) is 14.1. The zero-order valence-corrected chi connectivity index (χ0v) is 19.6. The highest BCUT2D eigenvalue weighted by Gasteiger charge is 2.48. The maximum atomic E-state index is 12.5. The Hall–Kier alpha value is 1.13. The van der Waals surface area contributed by atoms with Crippen LogP contribution >= 0.6 is 61.2 Å². The normalized spacial score (nSPS) is 24.7. The van der Waals surface area contributed by atoms with Crippen molar-refractivity contribution in [3.05, 3.63) is 0 Å². The van der Waals surface area contributed by atoms with E-state index >= 15 is 0 Å². The number of hydrogen-bond acceptors (Lipinski definition) is 2. The van der Waals surface area contributed by atoms with E-state index in [1.807, 2.05) is 0 Å². The SMILES string of the molecule is CCCCCN1CC(C(=O)O)C(C2CCCC2)C1=O.I.II. The van der Waals surface area contributed by atoms with Gasteiger partial charge in [0.25, 0.3) is 0 Å². The first-order valence-electron chi connectivity index (χ1n) is 7.81. The van der Waals surface area contributed by atoms with Gasteiger partial charge in [-0.05, 0) is 25.2 Å². The van der Waals surface area contributed by atoms with Gasteiger partial charge in [-0.15, -0.1) is 24.0 Å². The largest absolute Gasteiger partial charge is 0.481 e. The van der Waals surface area contributed by atoms with Gasteiger partial charge in [0.05, 0.1) is 11.8 Å². The lowest BCUT2D eigenvalue weighted by Gasteiger charge is -2.20. The predicted molar refractivity (Wildman–Crippen MR) is 116 cm³/mol. The van der Waals surface area contributed by atoms with Gasteiger partial charge in [0.2, 0.25) is 5.91 Å². The molecule has 130 valence electrons. The maximum Gasteiger partial charge on any atom is 0.309 e. The van der Waals surface area contributed by atoms with Crippen molar-refractivity contribution in [1.82, 2.24) is 4.90 Å². The summed E-state index contributed by atoms with van der Waals surface area (Å²) < 4.78 is 0. The zero-order chi connectivity index (χ0) is 15.8. The number of carbonyl (C=O) groups is 2. The lowest BCUT2D eigenvalue weighted by atomic mass is 9.82. The number of unbranched alkanes of at least 4 members (excludes halogenated alkanes) is 2. The molecule has 1 amide bonds. The van der Waals surface area contributed by atoms with Crippen molar-refractivity contribution in [1.29, 1.82) is 0 Å². The fraction of sp³-hybridized carbons (Fsp3) is 0.867. The Kier molecular flexibility index (Phi) is 13.1. The van der Waals surface area contributed by atoms with Crippen molar-refractivity contribution >= 4 is 73.1 Å². The van der Waals surface area contributed by atoms with Gasteiger partial charge in [-0.1, -0.05) is 32.6 Å². The molecule has 4 nitrogen and oxygen atoms in total. The van der Waals surface area contributed by atoms with Crippen molar-refractivity contribution in [2.24, 2.45) is 17.8 Å². The van der Waals surface area contributed by atoms with Crippen LogP contribution in [0, 0.1) is 17.8 Å². The van der Waals surface area contributed by atoms with E-state index in [0.29, 0.717) is 12.5 Å². The molecule has 0 aromatic rings. The second-order valence-electron chi connectivity index (χ2n) is 6.01. The fourth-order valence-corrected chi connectivity index (χ4v) is 3.66. The zero-order valence-electron chi connectivity index (χ0n) is 13.0. The smallest absolute Gasteiger partial charge is 0.309 e. The van der Waals surface area contributed by atoms with Crippen molar-refractivity contribution in [3.63, 3.8) is 0 Å². The molecule has 7 heteroatoms. The Morgan fingerprint density at radius 3 is 2.36 bits per heavy atom. The highest BCUT2D eigenvalue weighted by molar-refractivity contribution is 15.0. The van der Waals surface area contributed by atoms with E-state index in [-0.39, 0.29) is 35.8 Å². The summed E-state index contributed by atoms with van der Waals surface area (Å²) in [5.74, 6) is -1.10. The number of carboxylic acids is 1. The van der Waals surface area contributed by atoms with Gasteiger partial charge < -0.3 is 10.0 Å². The molecular weight excluding hydrogens is 623 g/mol. The molecule has 2 atom stereocenters. The van der Waals surface area contributed by atoms with E-state index in [1.165, 1.54) is 0 Å². The third kappa shape index (κ3) is 6.21. The standard InChI is InChI=1S/C15H25NO3.I2.HI/c1-2-3-6-9-16-10-12(15(18)19)13(14(16)17)11-7-4-5-8-11;1-2;/h11-13H,2-10H2,1H3,(H,18,19);;1H. The molecule has 1 saturated carbocycles. The van der Waals surface area contributed by atoms with Crippen molar-refractivity contribution in [2.75, 3.05) is 13.1 Å². The van der Waals surface area contributed by atoms with Crippen molar-refractivity contribution < 1.29 is 14.7 Å². The fourth-order valence-electron chi connectivity index (χ4n) is 3.66. The van der Waals surface area contributed by atoms with E-state index in [0.717, 1.165) is 51.5 Å². The minimum absolute atomic E-state index is 0. The van der Waals surface area contributed by atoms with Gasteiger partial charge in [0.1, 0.15) is 0 Å². The number of halogens is 3. The number of carboxylic acid groups (broad SMARTS) is 1. The van der Waals surface area contributed by atoms with Gasteiger partial charge in [-0.3, -0.25) is 9.59 Å². The average Bonchev–Trinajstić information content (AvgIpc) is 3.10. The summed E-state index contributed by atoms with van der Waals surface area (Å²) in [4.78, 5) is 25.7. The minimum Gasteiger partial charge on any atom is -0.481 e. The molecule has 0 aromatic heterocycles. The lowest BCUT2D eigenvalue weighted by molar-refractivity contribution is -0.145. The first-order chi connectivity index (χ1) is 10.1. The molecule has 22 heavy (non-hydrogen) atoms. The van der Waals surface area contributed by atoms with E-state index in [4.69, 9.17) is 0 Å². The minimum atomic E-state index is -0.789. The van der Waals surface area contributed by atoms with Crippen molar-refractivity contribution in [3.8, 4) is 0 Å².